The van der Waals surface area contributed by atoms with Crippen molar-refractivity contribution in [2.75, 3.05) is 6.54 Å². The highest BCUT2D eigenvalue weighted by atomic mass is 35.5. The first-order valence-corrected chi connectivity index (χ1v) is 11.4. The van der Waals surface area contributed by atoms with Crippen LogP contribution in [0.4, 0.5) is 13.2 Å². The van der Waals surface area contributed by atoms with E-state index < -0.39 is 25.0 Å². The monoisotopic (exact) mass is 517 g/mol. The summed E-state index contributed by atoms with van der Waals surface area (Å²) in [4.78, 5) is 28.0. The second-order valence-corrected chi connectivity index (χ2v) is 9.01. The highest BCUT2D eigenvalue weighted by Crippen LogP contribution is 2.34. The first-order valence-electron chi connectivity index (χ1n) is 11.0. The van der Waals surface area contributed by atoms with Gasteiger partial charge in [0, 0.05) is 35.8 Å². The molecule has 4 rings (SSSR count). The molecule has 0 atom stereocenters. The van der Waals surface area contributed by atoms with E-state index in [0.29, 0.717) is 27.5 Å². The first-order chi connectivity index (χ1) is 16.9. The van der Waals surface area contributed by atoms with E-state index in [2.05, 4.69) is 10.3 Å². The summed E-state index contributed by atoms with van der Waals surface area (Å²) in [7, 11) is 1.58. The lowest BCUT2D eigenvalue weighted by atomic mass is 10.0. The number of hydrogen-bond acceptors (Lipinski definition) is 3. The van der Waals surface area contributed by atoms with E-state index in [1.807, 2.05) is 38.1 Å². The third-order valence-corrected chi connectivity index (χ3v) is 6.05. The number of halogens is 4. The summed E-state index contributed by atoms with van der Waals surface area (Å²) in [5.74, 6) is 0.382. The molecule has 10 heteroatoms. The van der Waals surface area contributed by atoms with Crippen molar-refractivity contribution in [1.82, 2.24) is 14.9 Å². The van der Waals surface area contributed by atoms with Crippen LogP contribution >= 0.6 is 11.6 Å². The molecule has 0 saturated carbocycles. The molecule has 2 aromatic heterocycles. The molecule has 0 spiro atoms. The number of fused-ring (bicyclic) bond motifs is 1. The topological polar surface area (TPSA) is 76.1 Å². The van der Waals surface area contributed by atoms with E-state index in [9.17, 15) is 22.8 Å². The number of carbonyl (C=O) groups excluding carboxylic acids is 1. The number of pyridine rings is 1. The van der Waals surface area contributed by atoms with Gasteiger partial charge < -0.3 is 19.6 Å². The number of alkyl halides is 3. The van der Waals surface area contributed by atoms with Gasteiger partial charge in [-0.05, 0) is 60.9 Å². The maximum absolute atomic E-state index is 12.7. The van der Waals surface area contributed by atoms with Crippen molar-refractivity contribution >= 4 is 28.4 Å². The molecular formula is C26H23ClF3N3O3. The number of H-pyrrole nitrogens is 1. The maximum atomic E-state index is 12.7. The Bertz CT molecular complexity index is 1520. The number of nitrogens with zero attached hydrogens (tertiary/aromatic N) is 1. The number of aromatic amines is 1. The van der Waals surface area contributed by atoms with Crippen molar-refractivity contribution < 1.29 is 22.7 Å². The molecule has 6 nitrogen and oxygen atoms in total. The van der Waals surface area contributed by atoms with E-state index in [1.54, 1.807) is 25.4 Å². The second kappa shape index (κ2) is 9.73. The van der Waals surface area contributed by atoms with Crippen LogP contribution in [0.5, 0.6) is 11.5 Å². The zero-order valence-electron chi connectivity index (χ0n) is 19.7. The van der Waals surface area contributed by atoms with Gasteiger partial charge in [0.25, 0.3) is 11.5 Å². The minimum atomic E-state index is -4.38. The van der Waals surface area contributed by atoms with Gasteiger partial charge in [0.05, 0.1) is 6.42 Å². The predicted molar refractivity (Wildman–Crippen MR) is 133 cm³/mol. The lowest BCUT2D eigenvalue weighted by Gasteiger charge is -2.12. The van der Waals surface area contributed by atoms with Crippen molar-refractivity contribution in [3.8, 4) is 22.6 Å². The van der Waals surface area contributed by atoms with Gasteiger partial charge >= 0.3 is 6.18 Å². The van der Waals surface area contributed by atoms with Gasteiger partial charge in [-0.1, -0.05) is 23.7 Å². The van der Waals surface area contributed by atoms with Crippen LogP contribution in [-0.4, -0.2) is 28.2 Å². The minimum Gasteiger partial charge on any atom is -0.457 e. The molecule has 0 fully saturated rings. The molecule has 36 heavy (non-hydrogen) atoms. The van der Waals surface area contributed by atoms with Crippen LogP contribution in [0.2, 0.25) is 5.02 Å². The molecule has 4 aromatic rings. The van der Waals surface area contributed by atoms with E-state index in [4.69, 9.17) is 16.3 Å². The van der Waals surface area contributed by atoms with Crippen LogP contribution in [0, 0.1) is 13.8 Å². The molecule has 1 amide bonds. The zero-order valence-corrected chi connectivity index (χ0v) is 20.5. The summed E-state index contributed by atoms with van der Waals surface area (Å²) in [5, 5.41) is 3.28. The largest absolute Gasteiger partial charge is 0.457 e. The minimum absolute atomic E-state index is 0.00449. The SMILES string of the molecule is Cc1cc(Oc2ccc(C)c(Cl)c2)cc(-c2cn(C)c(=O)c3[nH]c(C(=O)NCCC(F)(F)F)cc23)c1. The van der Waals surface area contributed by atoms with E-state index in [-0.39, 0.29) is 16.8 Å². The normalized spacial score (nSPS) is 11.6. The third-order valence-electron chi connectivity index (χ3n) is 5.64. The van der Waals surface area contributed by atoms with Crippen LogP contribution in [0.1, 0.15) is 28.0 Å². The second-order valence-electron chi connectivity index (χ2n) is 8.60. The maximum Gasteiger partial charge on any atom is 0.390 e. The molecule has 0 saturated heterocycles. The zero-order chi connectivity index (χ0) is 26.2. The Balaban J connectivity index is 1.72. The van der Waals surface area contributed by atoms with Gasteiger partial charge in [-0.25, -0.2) is 0 Å². The van der Waals surface area contributed by atoms with Crippen molar-refractivity contribution in [2.45, 2.75) is 26.4 Å². The van der Waals surface area contributed by atoms with E-state index in [0.717, 1.165) is 16.7 Å². The van der Waals surface area contributed by atoms with Gasteiger partial charge in [-0.2, -0.15) is 13.2 Å². The van der Waals surface area contributed by atoms with Gasteiger partial charge in [0.1, 0.15) is 22.7 Å². The highest BCUT2D eigenvalue weighted by Gasteiger charge is 2.27. The predicted octanol–water partition coefficient (Wildman–Crippen LogP) is 6.28. The highest BCUT2D eigenvalue weighted by molar-refractivity contribution is 6.31. The number of nitrogens with one attached hydrogen (secondary N) is 2. The Morgan fingerprint density at radius 1 is 1.11 bits per heavy atom. The van der Waals surface area contributed by atoms with Crippen molar-refractivity contribution in [3.05, 3.63) is 80.9 Å². The summed E-state index contributed by atoms with van der Waals surface area (Å²) < 4.78 is 44.7. The summed E-state index contributed by atoms with van der Waals surface area (Å²) in [6.07, 6.45) is -3.89. The summed E-state index contributed by atoms with van der Waals surface area (Å²) >= 11 is 6.21. The van der Waals surface area contributed by atoms with Crippen LogP contribution in [-0.2, 0) is 7.05 Å². The Labute approximate surface area is 209 Å². The fraction of sp³-hybridized carbons (Fsp3) is 0.231. The average molecular weight is 518 g/mol. The molecule has 0 aliphatic carbocycles. The Morgan fingerprint density at radius 3 is 2.56 bits per heavy atom. The molecule has 2 N–H and O–H groups in total. The first kappa shape index (κ1) is 25.4. The molecule has 2 aromatic carbocycles. The number of rotatable bonds is 6. The van der Waals surface area contributed by atoms with Gasteiger partial charge in [-0.3, -0.25) is 9.59 Å². The Hall–Kier alpha value is -3.72. The molecule has 0 radical (unpaired) electrons. The number of hydrogen-bond donors (Lipinski definition) is 2. The molecule has 0 unspecified atom stereocenters. The van der Waals surface area contributed by atoms with Gasteiger partial charge in [0.15, 0.2) is 0 Å². The number of amides is 1. The van der Waals surface area contributed by atoms with Crippen LogP contribution < -0.4 is 15.6 Å². The van der Waals surface area contributed by atoms with Crippen molar-refractivity contribution in [2.24, 2.45) is 7.05 Å². The summed E-state index contributed by atoms with van der Waals surface area (Å²) in [6.45, 7) is 3.22. The van der Waals surface area contributed by atoms with Gasteiger partial charge in [0.2, 0.25) is 0 Å². The fourth-order valence-corrected chi connectivity index (χ4v) is 4.01. The van der Waals surface area contributed by atoms with Crippen LogP contribution in [0.15, 0.2) is 53.5 Å². The van der Waals surface area contributed by atoms with Gasteiger partial charge in [-0.15, -0.1) is 0 Å². The smallest absolute Gasteiger partial charge is 0.390 e. The number of ether oxygens (including phenoxy) is 1. The Morgan fingerprint density at radius 2 is 1.86 bits per heavy atom. The summed E-state index contributed by atoms with van der Waals surface area (Å²) in [5.41, 5.74) is 2.98. The Kier molecular flexibility index (Phi) is 6.86. The van der Waals surface area contributed by atoms with Crippen molar-refractivity contribution in [1.29, 1.82) is 0 Å². The summed E-state index contributed by atoms with van der Waals surface area (Å²) in [6, 6.07) is 12.4. The van der Waals surface area contributed by atoms with E-state index >= 15 is 0 Å². The molecule has 0 aliphatic heterocycles. The third kappa shape index (κ3) is 5.57. The molecule has 2 heterocycles. The number of benzene rings is 2. The molecule has 0 aliphatic rings. The number of carbonyl (C=O) groups is 1. The fourth-order valence-electron chi connectivity index (χ4n) is 3.83. The molecular weight excluding hydrogens is 495 g/mol. The molecule has 0 bridgehead atoms. The standard InChI is InChI=1S/C26H23ClF3N3O3/c1-14-8-16(10-18(9-14)36-17-5-4-15(2)21(27)11-17)20-13-33(3)25(35)23-19(20)12-22(32-23)24(34)31-7-6-26(28,29)30/h4-5,8-13,32H,6-7H2,1-3H3,(H,31,34). The number of aryl methyl sites for hydroxylation is 3. The average Bonchev–Trinajstić information content (AvgIpc) is 3.23. The van der Waals surface area contributed by atoms with Crippen LogP contribution in [0.3, 0.4) is 0 Å². The quantitative estimate of drug-likeness (QED) is 0.316. The van der Waals surface area contributed by atoms with E-state index in [1.165, 1.54) is 10.6 Å². The number of aromatic nitrogens is 2. The van der Waals surface area contributed by atoms with Crippen molar-refractivity contribution in [3.63, 3.8) is 0 Å². The molecule has 188 valence electrons. The lowest BCUT2D eigenvalue weighted by Crippen LogP contribution is -2.28. The van der Waals surface area contributed by atoms with Crippen LogP contribution in [0.25, 0.3) is 22.0 Å². The lowest BCUT2D eigenvalue weighted by molar-refractivity contribution is -0.133.